The maximum absolute atomic E-state index is 11.7. The third kappa shape index (κ3) is 5.01. The Bertz CT molecular complexity index is 272. The predicted molar refractivity (Wildman–Crippen MR) is 62.7 cm³/mol. The molecule has 0 spiro atoms. The zero-order valence-electron chi connectivity index (χ0n) is 9.89. The van der Waals surface area contributed by atoms with E-state index in [1.165, 1.54) is 0 Å². The number of carboxylic acids is 1. The molecule has 1 aliphatic heterocycles. The highest BCUT2D eigenvalue weighted by molar-refractivity contribution is 5.74. The van der Waals surface area contributed by atoms with Gasteiger partial charge < -0.3 is 21.1 Å². The van der Waals surface area contributed by atoms with Gasteiger partial charge in [-0.15, -0.1) is 0 Å². The van der Waals surface area contributed by atoms with Crippen molar-refractivity contribution < 1.29 is 14.7 Å². The van der Waals surface area contributed by atoms with Crippen LogP contribution in [0.2, 0.25) is 0 Å². The Morgan fingerprint density at radius 3 is 2.65 bits per heavy atom. The van der Waals surface area contributed by atoms with Gasteiger partial charge in [-0.2, -0.15) is 0 Å². The van der Waals surface area contributed by atoms with Crippen LogP contribution in [0, 0.1) is 0 Å². The SMILES string of the molecule is NCCNC(=O)N1CCCN(CC(=O)O)CC1. The highest BCUT2D eigenvalue weighted by Crippen LogP contribution is 2.02. The number of nitrogens with one attached hydrogen (secondary N) is 1. The van der Waals surface area contributed by atoms with Crippen LogP contribution >= 0.6 is 0 Å². The van der Waals surface area contributed by atoms with Gasteiger partial charge in [-0.1, -0.05) is 0 Å². The molecule has 0 aromatic heterocycles. The number of hydrogen-bond acceptors (Lipinski definition) is 4. The maximum Gasteiger partial charge on any atom is 0.317 e. The van der Waals surface area contributed by atoms with Crippen LogP contribution in [-0.4, -0.2) is 72.7 Å². The smallest absolute Gasteiger partial charge is 0.317 e. The van der Waals surface area contributed by atoms with E-state index in [0.29, 0.717) is 39.3 Å². The van der Waals surface area contributed by atoms with Gasteiger partial charge in [-0.25, -0.2) is 4.79 Å². The van der Waals surface area contributed by atoms with E-state index in [1.54, 1.807) is 4.90 Å². The maximum atomic E-state index is 11.7. The van der Waals surface area contributed by atoms with Crippen molar-refractivity contribution in [1.29, 1.82) is 0 Å². The van der Waals surface area contributed by atoms with Gasteiger partial charge in [0, 0.05) is 39.3 Å². The third-order valence-electron chi connectivity index (χ3n) is 2.66. The molecule has 0 atom stereocenters. The van der Waals surface area contributed by atoms with Gasteiger partial charge in [0.1, 0.15) is 0 Å². The summed E-state index contributed by atoms with van der Waals surface area (Å²) < 4.78 is 0. The Labute approximate surface area is 101 Å². The molecule has 0 aliphatic carbocycles. The van der Waals surface area contributed by atoms with E-state index in [2.05, 4.69) is 5.32 Å². The molecule has 7 nitrogen and oxygen atoms in total. The molecule has 17 heavy (non-hydrogen) atoms. The molecule has 4 N–H and O–H groups in total. The molecule has 7 heteroatoms. The normalized spacial score (nSPS) is 17.6. The van der Waals surface area contributed by atoms with E-state index < -0.39 is 5.97 Å². The third-order valence-corrected chi connectivity index (χ3v) is 2.66. The molecular weight excluding hydrogens is 224 g/mol. The van der Waals surface area contributed by atoms with Crippen molar-refractivity contribution in [3.05, 3.63) is 0 Å². The summed E-state index contributed by atoms with van der Waals surface area (Å²) in [6.07, 6.45) is 0.795. The lowest BCUT2D eigenvalue weighted by atomic mass is 10.4. The number of aliphatic carboxylic acids is 1. The van der Waals surface area contributed by atoms with Crippen LogP contribution in [0.4, 0.5) is 4.79 Å². The second kappa shape index (κ2) is 7.08. The minimum atomic E-state index is -0.828. The quantitative estimate of drug-likeness (QED) is 0.574. The van der Waals surface area contributed by atoms with Crippen molar-refractivity contribution in [3.63, 3.8) is 0 Å². The number of carboxylic acid groups (broad SMARTS) is 1. The standard InChI is InChI=1S/C10H20N4O3/c11-2-3-12-10(17)14-5-1-4-13(6-7-14)8-9(15)16/h1-8,11H2,(H,12,17)(H,15,16). The van der Waals surface area contributed by atoms with Crippen LogP contribution in [0.25, 0.3) is 0 Å². The summed E-state index contributed by atoms with van der Waals surface area (Å²) >= 11 is 0. The molecule has 2 amide bonds. The molecule has 0 bridgehead atoms. The van der Waals surface area contributed by atoms with E-state index in [0.717, 1.165) is 6.42 Å². The molecule has 1 fully saturated rings. The average Bonchev–Trinajstić information content (AvgIpc) is 2.51. The van der Waals surface area contributed by atoms with Crippen LogP contribution < -0.4 is 11.1 Å². The fraction of sp³-hybridized carbons (Fsp3) is 0.800. The van der Waals surface area contributed by atoms with E-state index in [9.17, 15) is 9.59 Å². The van der Waals surface area contributed by atoms with Gasteiger partial charge in [0.15, 0.2) is 0 Å². The van der Waals surface area contributed by atoms with Gasteiger partial charge in [-0.3, -0.25) is 9.69 Å². The van der Waals surface area contributed by atoms with Crippen molar-refractivity contribution in [2.24, 2.45) is 5.73 Å². The van der Waals surface area contributed by atoms with Gasteiger partial charge in [0.25, 0.3) is 0 Å². The number of nitrogens with two attached hydrogens (primary N) is 1. The molecular formula is C10H20N4O3. The summed E-state index contributed by atoms with van der Waals surface area (Å²) in [4.78, 5) is 25.8. The number of rotatable bonds is 4. The minimum Gasteiger partial charge on any atom is -0.480 e. The topological polar surface area (TPSA) is 98.9 Å². The van der Waals surface area contributed by atoms with Gasteiger partial charge in [-0.05, 0) is 6.42 Å². The fourth-order valence-corrected chi connectivity index (χ4v) is 1.81. The molecule has 0 radical (unpaired) electrons. The molecule has 1 aliphatic rings. The first-order valence-corrected chi connectivity index (χ1v) is 5.80. The zero-order chi connectivity index (χ0) is 12.7. The summed E-state index contributed by atoms with van der Waals surface area (Å²) in [5.41, 5.74) is 5.31. The van der Waals surface area contributed by atoms with Crippen LogP contribution in [0.3, 0.4) is 0 Å². The molecule has 98 valence electrons. The number of carbonyl (C=O) groups is 2. The van der Waals surface area contributed by atoms with Crippen molar-refractivity contribution in [3.8, 4) is 0 Å². The number of hydrogen-bond donors (Lipinski definition) is 3. The first-order chi connectivity index (χ1) is 8.13. The summed E-state index contributed by atoms with van der Waals surface area (Å²) in [6.45, 7) is 3.46. The van der Waals surface area contributed by atoms with E-state index in [1.807, 2.05) is 4.90 Å². The lowest BCUT2D eigenvalue weighted by molar-refractivity contribution is -0.138. The summed E-state index contributed by atoms with van der Waals surface area (Å²) in [5.74, 6) is -0.828. The number of amides is 2. The molecule has 0 saturated carbocycles. The molecule has 0 unspecified atom stereocenters. The lowest BCUT2D eigenvalue weighted by Crippen LogP contribution is -2.43. The Morgan fingerprint density at radius 2 is 2.00 bits per heavy atom. The largest absolute Gasteiger partial charge is 0.480 e. The molecule has 0 aromatic rings. The van der Waals surface area contributed by atoms with Crippen molar-refractivity contribution >= 4 is 12.0 Å². The first kappa shape index (κ1) is 13.7. The Hall–Kier alpha value is -1.34. The lowest BCUT2D eigenvalue weighted by Gasteiger charge is -2.21. The van der Waals surface area contributed by atoms with Crippen LogP contribution in [0.1, 0.15) is 6.42 Å². The fourth-order valence-electron chi connectivity index (χ4n) is 1.81. The number of carbonyl (C=O) groups excluding carboxylic acids is 1. The summed E-state index contributed by atoms with van der Waals surface area (Å²) in [7, 11) is 0. The monoisotopic (exact) mass is 244 g/mol. The second-order valence-corrected chi connectivity index (χ2v) is 4.03. The Kier molecular flexibility index (Phi) is 5.71. The molecule has 0 aromatic carbocycles. The zero-order valence-corrected chi connectivity index (χ0v) is 9.89. The van der Waals surface area contributed by atoms with E-state index in [-0.39, 0.29) is 12.6 Å². The summed E-state index contributed by atoms with van der Waals surface area (Å²) in [5, 5.41) is 11.4. The van der Waals surface area contributed by atoms with Crippen LogP contribution in [0.5, 0.6) is 0 Å². The van der Waals surface area contributed by atoms with Crippen molar-refractivity contribution in [2.45, 2.75) is 6.42 Å². The molecule has 1 saturated heterocycles. The van der Waals surface area contributed by atoms with Crippen molar-refractivity contribution in [2.75, 3.05) is 45.8 Å². The summed E-state index contributed by atoms with van der Waals surface area (Å²) in [6, 6.07) is -0.118. The highest BCUT2D eigenvalue weighted by Gasteiger charge is 2.19. The van der Waals surface area contributed by atoms with Crippen LogP contribution in [0.15, 0.2) is 0 Å². The van der Waals surface area contributed by atoms with Crippen LogP contribution in [-0.2, 0) is 4.79 Å². The van der Waals surface area contributed by atoms with Gasteiger partial charge in [0.05, 0.1) is 6.54 Å². The first-order valence-electron chi connectivity index (χ1n) is 5.80. The van der Waals surface area contributed by atoms with Crippen molar-refractivity contribution in [1.82, 2.24) is 15.1 Å². The average molecular weight is 244 g/mol. The number of nitrogens with zero attached hydrogens (tertiary/aromatic N) is 2. The Balaban J connectivity index is 2.36. The van der Waals surface area contributed by atoms with E-state index in [4.69, 9.17) is 10.8 Å². The van der Waals surface area contributed by atoms with E-state index >= 15 is 0 Å². The Morgan fingerprint density at radius 1 is 1.24 bits per heavy atom. The number of urea groups is 1. The van der Waals surface area contributed by atoms with Gasteiger partial charge >= 0.3 is 12.0 Å². The highest BCUT2D eigenvalue weighted by atomic mass is 16.4. The predicted octanol–water partition coefficient (Wildman–Crippen LogP) is -1.25. The second-order valence-electron chi connectivity index (χ2n) is 4.03. The molecule has 1 heterocycles. The van der Waals surface area contributed by atoms with Gasteiger partial charge in [0.2, 0.25) is 0 Å². The molecule has 1 rings (SSSR count). The minimum absolute atomic E-state index is 0.0399.